The Morgan fingerprint density at radius 1 is 1.57 bits per heavy atom. The van der Waals surface area contributed by atoms with Crippen molar-refractivity contribution in [2.75, 3.05) is 40.4 Å². The third kappa shape index (κ3) is 4.68. The van der Waals surface area contributed by atoms with Gasteiger partial charge in [0, 0.05) is 19.8 Å². The molecule has 2 atom stereocenters. The summed E-state index contributed by atoms with van der Waals surface area (Å²) in [7, 11) is 4.14. The zero-order chi connectivity index (χ0) is 15.2. The molecule has 1 aromatic heterocycles. The Balaban J connectivity index is 2.11. The van der Waals surface area contributed by atoms with E-state index in [0.29, 0.717) is 5.92 Å². The second kappa shape index (κ2) is 8.13. The lowest BCUT2D eigenvalue weighted by Gasteiger charge is -2.23. The van der Waals surface area contributed by atoms with E-state index in [1.54, 1.807) is 6.20 Å². The highest BCUT2D eigenvalue weighted by atomic mass is 35.5. The molecule has 0 radical (unpaired) electrons. The van der Waals surface area contributed by atoms with Crippen molar-refractivity contribution in [3.8, 4) is 0 Å². The van der Waals surface area contributed by atoms with Crippen LogP contribution in [0.2, 0.25) is 5.02 Å². The predicted molar refractivity (Wildman–Crippen MR) is 85.8 cm³/mol. The van der Waals surface area contributed by atoms with Crippen molar-refractivity contribution in [3.05, 3.63) is 16.9 Å². The first-order valence-corrected chi connectivity index (χ1v) is 8.16. The predicted octanol–water partition coefficient (Wildman–Crippen LogP) is 2.18. The molecular formula is C15H27ClN4O. The molecule has 0 aliphatic carbocycles. The molecule has 0 saturated carbocycles. The second-order valence-corrected chi connectivity index (χ2v) is 6.39. The quantitative estimate of drug-likeness (QED) is 0.798. The van der Waals surface area contributed by atoms with Crippen LogP contribution in [-0.4, -0.2) is 55.1 Å². The average Bonchev–Trinajstić information content (AvgIpc) is 3.05. The lowest BCUT2D eigenvalue weighted by molar-refractivity contribution is 0.181. The van der Waals surface area contributed by atoms with Gasteiger partial charge in [-0.3, -0.25) is 4.68 Å². The first kappa shape index (κ1) is 16.7. The molecule has 0 aromatic carbocycles. The fraction of sp³-hybridized carbons (Fsp3) is 0.800. The monoisotopic (exact) mass is 314 g/mol. The number of likely N-dealkylation sites (N-methyl/N-ethyl adjacent to an activating group) is 1. The van der Waals surface area contributed by atoms with Crippen LogP contribution in [0.3, 0.4) is 0 Å². The van der Waals surface area contributed by atoms with Crippen LogP contribution in [0.15, 0.2) is 6.20 Å². The van der Waals surface area contributed by atoms with E-state index in [1.165, 1.54) is 0 Å². The van der Waals surface area contributed by atoms with Crippen LogP contribution < -0.4 is 5.32 Å². The van der Waals surface area contributed by atoms with Gasteiger partial charge in [0.2, 0.25) is 0 Å². The van der Waals surface area contributed by atoms with Gasteiger partial charge in [-0.1, -0.05) is 18.5 Å². The summed E-state index contributed by atoms with van der Waals surface area (Å²) in [5, 5.41) is 8.78. The molecular weight excluding hydrogens is 288 g/mol. The molecule has 0 spiro atoms. The standard InChI is InChI=1S/C15H27ClN4O/c1-4-17-14(9-12-5-8-21-11-12)15-13(16)10-18-20(15)7-6-19(2)3/h10,12,14,17H,4-9,11H2,1-3H3. The zero-order valence-electron chi connectivity index (χ0n) is 13.3. The topological polar surface area (TPSA) is 42.3 Å². The molecule has 0 amide bonds. The number of rotatable bonds is 8. The lowest BCUT2D eigenvalue weighted by Crippen LogP contribution is -2.28. The van der Waals surface area contributed by atoms with E-state index < -0.39 is 0 Å². The summed E-state index contributed by atoms with van der Waals surface area (Å²) in [5.74, 6) is 0.613. The highest BCUT2D eigenvalue weighted by Crippen LogP contribution is 2.30. The number of nitrogens with one attached hydrogen (secondary N) is 1. The number of nitrogens with zero attached hydrogens (tertiary/aromatic N) is 3. The minimum absolute atomic E-state index is 0.249. The van der Waals surface area contributed by atoms with E-state index in [1.807, 2.05) is 4.68 Å². The third-order valence-corrected chi connectivity index (χ3v) is 4.26. The number of hydrogen-bond donors (Lipinski definition) is 1. The van der Waals surface area contributed by atoms with Crippen LogP contribution in [0.1, 0.15) is 31.5 Å². The van der Waals surface area contributed by atoms with Crippen LogP contribution in [-0.2, 0) is 11.3 Å². The molecule has 120 valence electrons. The van der Waals surface area contributed by atoms with Gasteiger partial charge >= 0.3 is 0 Å². The maximum absolute atomic E-state index is 6.41. The Morgan fingerprint density at radius 2 is 2.38 bits per heavy atom. The molecule has 1 N–H and O–H groups in total. The fourth-order valence-corrected chi connectivity index (χ4v) is 3.10. The molecule has 1 aliphatic rings. The van der Waals surface area contributed by atoms with E-state index in [9.17, 15) is 0 Å². The Hall–Kier alpha value is -0.620. The summed E-state index contributed by atoms with van der Waals surface area (Å²) in [6, 6.07) is 0.249. The second-order valence-electron chi connectivity index (χ2n) is 5.98. The lowest BCUT2D eigenvalue weighted by atomic mass is 9.97. The number of aromatic nitrogens is 2. The summed E-state index contributed by atoms with van der Waals surface area (Å²) in [4.78, 5) is 2.16. The van der Waals surface area contributed by atoms with E-state index in [0.717, 1.165) is 56.4 Å². The van der Waals surface area contributed by atoms with Gasteiger partial charge in [-0.05, 0) is 39.4 Å². The normalized spacial score (nSPS) is 20.3. The Kier molecular flexibility index (Phi) is 6.48. The van der Waals surface area contributed by atoms with Gasteiger partial charge in [0.05, 0.1) is 29.5 Å². The van der Waals surface area contributed by atoms with E-state index in [2.05, 4.69) is 36.3 Å². The van der Waals surface area contributed by atoms with Gasteiger partial charge in [-0.2, -0.15) is 5.10 Å². The van der Waals surface area contributed by atoms with E-state index >= 15 is 0 Å². The van der Waals surface area contributed by atoms with Gasteiger partial charge < -0.3 is 15.0 Å². The summed E-state index contributed by atoms with van der Waals surface area (Å²) < 4.78 is 7.55. The SMILES string of the molecule is CCNC(CC1CCOC1)c1c(Cl)cnn1CCN(C)C. The van der Waals surface area contributed by atoms with Crippen molar-refractivity contribution in [2.24, 2.45) is 5.92 Å². The summed E-state index contributed by atoms with van der Waals surface area (Å²) in [6.07, 6.45) is 3.97. The van der Waals surface area contributed by atoms with Gasteiger partial charge in [0.1, 0.15) is 0 Å². The van der Waals surface area contributed by atoms with Crippen LogP contribution in [0.4, 0.5) is 0 Å². The number of halogens is 1. The first-order chi connectivity index (χ1) is 10.1. The third-order valence-electron chi connectivity index (χ3n) is 3.97. The maximum atomic E-state index is 6.41. The molecule has 2 unspecified atom stereocenters. The van der Waals surface area contributed by atoms with Gasteiger partial charge in [0.15, 0.2) is 0 Å². The van der Waals surface area contributed by atoms with Crippen LogP contribution in [0.25, 0.3) is 0 Å². The highest BCUT2D eigenvalue weighted by molar-refractivity contribution is 6.31. The smallest absolute Gasteiger partial charge is 0.0834 e. The van der Waals surface area contributed by atoms with Gasteiger partial charge in [-0.25, -0.2) is 0 Å². The van der Waals surface area contributed by atoms with Crippen molar-refractivity contribution in [1.82, 2.24) is 20.0 Å². The molecule has 1 saturated heterocycles. The molecule has 1 fully saturated rings. The van der Waals surface area contributed by atoms with Crippen molar-refractivity contribution in [1.29, 1.82) is 0 Å². The maximum Gasteiger partial charge on any atom is 0.0834 e. The molecule has 0 bridgehead atoms. The molecule has 6 heteroatoms. The number of ether oxygens (including phenoxy) is 1. The minimum atomic E-state index is 0.249. The summed E-state index contributed by atoms with van der Waals surface area (Å²) in [5.41, 5.74) is 1.12. The summed E-state index contributed by atoms with van der Waals surface area (Å²) in [6.45, 7) is 6.62. The Morgan fingerprint density at radius 3 is 3.00 bits per heavy atom. The van der Waals surface area contributed by atoms with E-state index in [-0.39, 0.29) is 6.04 Å². The van der Waals surface area contributed by atoms with Crippen LogP contribution in [0.5, 0.6) is 0 Å². The molecule has 2 heterocycles. The van der Waals surface area contributed by atoms with Crippen molar-refractivity contribution in [3.63, 3.8) is 0 Å². The Labute approximate surface area is 132 Å². The summed E-state index contributed by atoms with van der Waals surface area (Å²) >= 11 is 6.41. The first-order valence-electron chi connectivity index (χ1n) is 7.78. The minimum Gasteiger partial charge on any atom is -0.381 e. The molecule has 1 aromatic rings. The van der Waals surface area contributed by atoms with Crippen molar-refractivity contribution in [2.45, 2.75) is 32.4 Å². The largest absolute Gasteiger partial charge is 0.381 e. The molecule has 2 rings (SSSR count). The average molecular weight is 315 g/mol. The number of hydrogen-bond acceptors (Lipinski definition) is 4. The molecule has 21 heavy (non-hydrogen) atoms. The van der Waals surface area contributed by atoms with Crippen molar-refractivity contribution >= 4 is 11.6 Å². The zero-order valence-corrected chi connectivity index (χ0v) is 14.1. The van der Waals surface area contributed by atoms with Crippen molar-refractivity contribution < 1.29 is 4.74 Å². The van der Waals surface area contributed by atoms with Crippen LogP contribution in [0, 0.1) is 5.92 Å². The molecule has 1 aliphatic heterocycles. The molecule has 5 nitrogen and oxygen atoms in total. The highest BCUT2D eigenvalue weighted by Gasteiger charge is 2.25. The Bertz CT molecular complexity index is 429. The van der Waals surface area contributed by atoms with Gasteiger partial charge in [-0.15, -0.1) is 0 Å². The fourth-order valence-electron chi connectivity index (χ4n) is 2.83. The van der Waals surface area contributed by atoms with Gasteiger partial charge in [0.25, 0.3) is 0 Å². The van der Waals surface area contributed by atoms with E-state index in [4.69, 9.17) is 16.3 Å². The van der Waals surface area contributed by atoms with Crippen LogP contribution >= 0.6 is 11.6 Å².